The first-order valence-electron chi connectivity index (χ1n) is 8.56. The van der Waals surface area contributed by atoms with E-state index < -0.39 is 6.10 Å². The van der Waals surface area contributed by atoms with E-state index >= 15 is 0 Å². The highest BCUT2D eigenvalue weighted by atomic mass is 79.9. The molecule has 0 spiro atoms. The van der Waals surface area contributed by atoms with Crippen molar-refractivity contribution in [3.05, 3.63) is 58.6 Å². The Morgan fingerprint density at radius 3 is 2.46 bits per heavy atom. The van der Waals surface area contributed by atoms with Crippen LogP contribution in [0.3, 0.4) is 0 Å². The third-order valence-electron chi connectivity index (χ3n) is 3.53. The molecule has 5 nitrogen and oxygen atoms in total. The average Bonchev–Trinajstić information content (AvgIpc) is 2.65. The first kappa shape index (κ1) is 20.0. The molecular weight excluding hydrogens is 396 g/mol. The summed E-state index contributed by atoms with van der Waals surface area (Å²) in [6.07, 6.45) is 3.08. The van der Waals surface area contributed by atoms with Crippen molar-refractivity contribution >= 4 is 28.1 Å². The highest BCUT2D eigenvalue weighted by molar-refractivity contribution is 9.10. The summed E-state index contributed by atoms with van der Waals surface area (Å²) >= 11 is 3.36. The number of carbonyl (C=O) groups is 1. The molecule has 0 unspecified atom stereocenters. The smallest absolute Gasteiger partial charge is 0.280 e. The fourth-order valence-electron chi connectivity index (χ4n) is 2.02. The molecule has 0 aliphatic carbocycles. The topological polar surface area (TPSA) is 59.9 Å². The predicted octanol–water partition coefficient (Wildman–Crippen LogP) is 4.55. The van der Waals surface area contributed by atoms with Crippen molar-refractivity contribution < 1.29 is 14.3 Å². The van der Waals surface area contributed by atoms with Gasteiger partial charge >= 0.3 is 0 Å². The number of halogens is 1. The summed E-state index contributed by atoms with van der Waals surface area (Å²) in [6, 6.07) is 14.8. The Hall–Kier alpha value is -2.34. The van der Waals surface area contributed by atoms with Crippen LogP contribution in [-0.4, -0.2) is 24.8 Å². The second-order valence-electron chi connectivity index (χ2n) is 5.72. The largest absolute Gasteiger partial charge is 0.494 e. The Balaban J connectivity index is 1.79. The molecular formula is C20H23BrN2O3. The Labute approximate surface area is 162 Å². The average molecular weight is 419 g/mol. The zero-order valence-electron chi connectivity index (χ0n) is 14.9. The molecule has 6 heteroatoms. The number of hydrogen-bond donors (Lipinski definition) is 1. The van der Waals surface area contributed by atoms with Gasteiger partial charge in [0.2, 0.25) is 0 Å². The van der Waals surface area contributed by atoms with Crippen molar-refractivity contribution in [3.8, 4) is 11.5 Å². The summed E-state index contributed by atoms with van der Waals surface area (Å²) in [5.74, 6) is 1.14. The zero-order valence-corrected chi connectivity index (χ0v) is 16.5. The summed E-state index contributed by atoms with van der Waals surface area (Å²) in [4.78, 5) is 12.0. The van der Waals surface area contributed by atoms with Crippen molar-refractivity contribution in [3.63, 3.8) is 0 Å². The number of unbranched alkanes of at least 4 members (excludes halogenated alkanes) is 1. The molecule has 0 aliphatic heterocycles. The van der Waals surface area contributed by atoms with Crippen LogP contribution in [0.1, 0.15) is 32.3 Å². The van der Waals surface area contributed by atoms with Gasteiger partial charge in [-0.2, -0.15) is 5.10 Å². The summed E-state index contributed by atoms with van der Waals surface area (Å²) in [6.45, 7) is 4.52. The second kappa shape index (κ2) is 10.6. The van der Waals surface area contributed by atoms with Gasteiger partial charge in [0.05, 0.1) is 12.8 Å². The minimum Gasteiger partial charge on any atom is -0.494 e. The Kier molecular flexibility index (Phi) is 8.15. The van der Waals surface area contributed by atoms with Crippen LogP contribution in [0.4, 0.5) is 0 Å². The summed E-state index contributed by atoms with van der Waals surface area (Å²) in [7, 11) is 0. The van der Waals surface area contributed by atoms with Gasteiger partial charge in [0.15, 0.2) is 6.10 Å². The minimum absolute atomic E-state index is 0.316. The zero-order chi connectivity index (χ0) is 18.8. The monoisotopic (exact) mass is 418 g/mol. The molecule has 138 valence electrons. The number of hydrogen-bond acceptors (Lipinski definition) is 4. The maximum absolute atomic E-state index is 12.0. The van der Waals surface area contributed by atoms with E-state index in [1.807, 2.05) is 36.4 Å². The van der Waals surface area contributed by atoms with Crippen molar-refractivity contribution in [2.45, 2.75) is 32.8 Å². The van der Waals surface area contributed by atoms with E-state index in [0.717, 1.165) is 35.2 Å². The number of carbonyl (C=O) groups excluding carboxylic acids is 1. The van der Waals surface area contributed by atoms with Gasteiger partial charge in [0.1, 0.15) is 11.5 Å². The second-order valence-corrected chi connectivity index (χ2v) is 6.63. The van der Waals surface area contributed by atoms with Gasteiger partial charge in [0, 0.05) is 4.47 Å². The van der Waals surface area contributed by atoms with E-state index in [2.05, 4.69) is 33.4 Å². The van der Waals surface area contributed by atoms with Gasteiger partial charge in [-0.15, -0.1) is 0 Å². The molecule has 0 radical (unpaired) electrons. The van der Waals surface area contributed by atoms with Crippen molar-refractivity contribution in [1.82, 2.24) is 5.43 Å². The molecule has 0 saturated heterocycles. The molecule has 0 heterocycles. The number of rotatable bonds is 9. The van der Waals surface area contributed by atoms with Crippen LogP contribution in [-0.2, 0) is 4.79 Å². The fraction of sp³-hybridized carbons (Fsp3) is 0.300. The first-order valence-corrected chi connectivity index (χ1v) is 9.36. The third-order valence-corrected chi connectivity index (χ3v) is 4.06. The molecule has 0 aromatic heterocycles. The number of benzene rings is 2. The van der Waals surface area contributed by atoms with E-state index in [0.29, 0.717) is 5.75 Å². The van der Waals surface area contributed by atoms with Crippen LogP contribution in [0, 0.1) is 0 Å². The molecule has 0 saturated carbocycles. The summed E-state index contributed by atoms with van der Waals surface area (Å²) < 4.78 is 12.1. The van der Waals surface area contributed by atoms with Crippen LogP contribution in [0.15, 0.2) is 58.1 Å². The SMILES string of the molecule is CCCCOc1ccc(/C=N\NC(=O)[C@H](C)Oc2ccc(Br)cc2)cc1. The number of hydrazone groups is 1. The molecule has 2 rings (SSSR count). The fourth-order valence-corrected chi connectivity index (χ4v) is 2.28. The number of amides is 1. The van der Waals surface area contributed by atoms with Crippen molar-refractivity contribution in [1.29, 1.82) is 0 Å². The quantitative estimate of drug-likeness (QED) is 0.369. The molecule has 2 aromatic carbocycles. The Bertz CT molecular complexity index is 715. The van der Waals surface area contributed by atoms with Crippen molar-refractivity contribution in [2.24, 2.45) is 5.10 Å². The van der Waals surface area contributed by atoms with E-state index in [1.165, 1.54) is 0 Å². The van der Waals surface area contributed by atoms with Crippen LogP contribution in [0.5, 0.6) is 11.5 Å². The van der Waals surface area contributed by atoms with Crippen LogP contribution in [0.2, 0.25) is 0 Å². The first-order chi connectivity index (χ1) is 12.6. The van der Waals surface area contributed by atoms with Crippen LogP contribution >= 0.6 is 15.9 Å². The van der Waals surface area contributed by atoms with E-state index in [1.54, 1.807) is 25.3 Å². The highest BCUT2D eigenvalue weighted by Gasteiger charge is 2.13. The lowest BCUT2D eigenvalue weighted by molar-refractivity contribution is -0.127. The van der Waals surface area contributed by atoms with Gasteiger partial charge in [-0.05, 0) is 67.4 Å². The van der Waals surface area contributed by atoms with Gasteiger partial charge in [-0.1, -0.05) is 29.3 Å². The number of ether oxygens (including phenoxy) is 2. The van der Waals surface area contributed by atoms with Crippen LogP contribution in [0.25, 0.3) is 0 Å². The maximum Gasteiger partial charge on any atom is 0.280 e. The number of nitrogens with zero attached hydrogens (tertiary/aromatic N) is 1. The molecule has 2 aromatic rings. The molecule has 1 N–H and O–H groups in total. The van der Waals surface area contributed by atoms with Crippen LogP contribution < -0.4 is 14.9 Å². The van der Waals surface area contributed by atoms with E-state index in [-0.39, 0.29) is 5.91 Å². The minimum atomic E-state index is -0.650. The molecule has 1 amide bonds. The van der Waals surface area contributed by atoms with E-state index in [9.17, 15) is 4.79 Å². The Morgan fingerprint density at radius 2 is 1.81 bits per heavy atom. The number of nitrogens with one attached hydrogen (secondary N) is 1. The summed E-state index contributed by atoms with van der Waals surface area (Å²) in [5.41, 5.74) is 3.35. The molecule has 0 aliphatic rings. The normalized spacial score (nSPS) is 12.0. The molecule has 26 heavy (non-hydrogen) atoms. The highest BCUT2D eigenvalue weighted by Crippen LogP contribution is 2.17. The van der Waals surface area contributed by atoms with E-state index in [4.69, 9.17) is 9.47 Å². The van der Waals surface area contributed by atoms with Crippen molar-refractivity contribution in [2.75, 3.05) is 6.61 Å². The lowest BCUT2D eigenvalue weighted by Gasteiger charge is -2.12. The molecule has 1 atom stereocenters. The third kappa shape index (κ3) is 6.88. The van der Waals surface area contributed by atoms with Gasteiger partial charge in [0.25, 0.3) is 5.91 Å². The van der Waals surface area contributed by atoms with Gasteiger partial charge in [-0.3, -0.25) is 4.79 Å². The maximum atomic E-state index is 12.0. The molecule has 0 bridgehead atoms. The van der Waals surface area contributed by atoms with Gasteiger partial charge < -0.3 is 9.47 Å². The lowest BCUT2D eigenvalue weighted by atomic mass is 10.2. The Morgan fingerprint density at radius 1 is 1.15 bits per heavy atom. The molecule has 0 fully saturated rings. The predicted molar refractivity (Wildman–Crippen MR) is 107 cm³/mol. The lowest BCUT2D eigenvalue weighted by Crippen LogP contribution is -2.33. The summed E-state index contributed by atoms with van der Waals surface area (Å²) in [5, 5.41) is 3.97. The van der Waals surface area contributed by atoms with Gasteiger partial charge in [-0.25, -0.2) is 5.43 Å². The standard InChI is InChI=1S/C20H23BrN2O3/c1-3-4-13-25-18-9-5-16(6-10-18)14-22-23-20(24)15(2)26-19-11-7-17(21)8-12-19/h5-12,14-15H,3-4,13H2,1-2H3,(H,23,24)/b22-14-/t15-/m0/s1.